The lowest BCUT2D eigenvalue weighted by Gasteiger charge is -2.46. The second kappa shape index (κ2) is 11.0. The van der Waals surface area contributed by atoms with Crippen molar-refractivity contribution in [2.75, 3.05) is 13.1 Å². The number of nitrogens with one attached hydrogen (secondary N) is 1. The van der Waals surface area contributed by atoms with Crippen LogP contribution in [0.1, 0.15) is 64.4 Å². The first-order valence-electron chi connectivity index (χ1n) is 12.2. The fourth-order valence-corrected chi connectivity index (χ4v) is 6.51. The number of amides is 2. The van der Waals surface area contributed by atoms with E-state index in [0.29, 0.717) is 23.5 Å². The maximum Gasteiger partial charge on any atom is 0.254 e. The molecule has 0 aliphatic carbocycles. The van der Waals surface area contributed by atoms with E-state index in [-0.39, 0.29) is 40.0 Å². The fourth-order valence-electron chi connectivity index (χ4n) is 4.05. The van der Waals surface area contributed by atoms with Crippen LogP contribution in [0, 0.1) is 18.8 Å². The zero-order chi connectivity index (χ0) is 26.0. The highest BCUT2D eigenvalue weighted by Gasteiger charge is 2.50. The molecule has 8 heteroatoms. The fraction of sp³-hybridized carbons (Fsp3) is 0.654. The smallest absolute Gasteiger partial charge is 0.254 e. The van der Waals surface area contributed by atoms with E-state index in [0.717, 1.165) is 17.3 Å². The average Bonchev–Trinajstić information content (AvgIpc) is 2.72. The summed E-state index contributed by atoms with van der Waals surface area (Å²) < 4.78 is 6.49. The Morgan fingerprint density at radius 1 is 1.18 bits per heavy atom. The van der Waals surface area contributed by atoms with Crippen LogP contribution in [0.3, 0.4) is 0 Å². The Morgan fingerprint density at radius 3 is 2.26 bits per heavy atom. The summed E-state index contributed by atoms with van der Waals surface area (Å²) in [6, 6.07) is 5.28. The van der Waals surface area contributed by atoms with Crippen LogP contribution in [-0.2, 0) is 14.0 Å². The number of β-lactam (4-membered cyclic amide) rings is 1. The Kier molecular flexibility index (Phi) is 9.21. The standard InChI is InChI=1S/C26H42N2O4SSi/c1-11-28(12-2)24(30)19-15-13-14-16(3)22(19)33-25(31)17(4)21-20(23(29)27-21)18(5)32-34(9,10)26(6,7)8/h13-15,17-18,20-21H,11-12H2,1-10H3,(H,27,29)/t17?,18?,20-,21-/m1/s1. The number of hydrogen-bond donors (Lipinski definition) is 1. The van der Waals surface area contributed by atoms with Crippen molar-refractivity contribution in [2.45, 2.75) is 90.6 Å². The van der Waals surface area contributed by atoms with E-state index in [1.165, 1.54) is 0 Å². The van der Waals surface area contributed by atoms with E-state index in [4.69, 9.17) is 4.43 Å². The highest BCUT2D eigenvalue weighted by atomic mass is 32.2. The monoisotopic (exact) mass is 506 g/mol. The molecule has 1 aliphatic rings. The summed E-state index contributed by atoms with van der Waals surface area (Å²) in [7, 11) is -2.05. The SMILES string of the molecule is CCN(CC)C(=O)c1cccc(C)c1SC(=O)C(C)[C@H]1NC(=O)[C@@H]1C(C)O[Si](C)(C)C(C)(C)C. The highest BCUT2D eigenvalue weighted by molar-refractivity contribution is 8.13. The quantitative estimate of drug-likeness (QED) is 0.281. The first-order chi connectivity index (χ1) is 15.7. The third kappa shape index (κ3) is 5.94. The molecule has 1 aromatic carbocycles. The van der Waals surface area contributed by atoms with Crippen LogP contribution in [0.4, 0.5) is 0 Å². The molecule has 0 bridgehead atoms. The van der Waals surface area contributed by atoms with E-state index < -0.39 is 14.2 Å². The Hall–Kier alpha value is -1.64. The lowest BCUT2D eigenvalue weighted by molar-refractivity contribution is -0.143. The van der Waals surface area contributed by atoms with Gasteiger partial charge in [-0.15, -0.1) is 0 Å². The number of carbonyl (C=O) groups is 3. The molecule has 1 saturated heterocycles. The summed E-state index contributed by atoms with van der Waals surface area (Å²) in [5.74, 6) is -0.895. The molecule has 1 N–H and O–H groups in total. The number of hydrogen-bond acceptors (Lipinski definition) is 5. The van der Waals surface area contributed by atoms with Crippen LogP contribution in [0.15, 0.2) is 23.1 Å². The van der Waals surface area contributed by atoms with E-state index >= 15 is 0 Å². The van der Waals surface area contributed by atoms with Gasteiger partial charge in [-0.05, 0) is 57.5 Å². The van der Waals surface area contributed by atoms with Gasteiger partial charge in [0, 0.05) is 23.9 Å². The van der Waals surface area contributed by atoms with Crippen molar-refractivity contribution in [1.29, 1.82) is 0 Å². The van der Waals surface area contributed by atoms with Gasteiger partial charge in [-0.2, -0.15) is 0 Å². The third-order valence-electron chi connectivity index (χ3n) is 7.40. The van der Waals surface area contributed by atoms with Gasteiger partial charge in [0.15, 0.2) is 13.4 Å². The predicted molar refractivity (Wildman–Crippen MR) is 142 cm³/mol. The van der Waals surface area contributed by atoms with Crippen LogP contribution in [0.25, 0.3) is 0 Å². The van der Waals surface area contributed by atoms with Crippen molar-refractivity contribution in [1.82, 2.24) is 10.2 Å². The number of nitrogens with zero attached hydrogens (tertiary/aromatic N) is 1. The minimum Gasteiger partial charge on any atom is -0.413 e. The lowest BCUT2D eigenvalue weighted by Crippen LogP contribution is -2.66. The summed E-state index contributed by atoms with van der Waals surface area (Å²) in [5.41, 5.74) is 1.45. The van der Waals surface area contributed by atoms with Crippen molar-refractivity contribution in [2.24, 2.45) is 11.8 Å². The van der Waals surface area contributed by atoms with Crippen LogP contribution in [0.5, 0.6) is 0 Å². The van der Waals surface area contributed by atoms with Crippen LogP contribution in [0.2, 0.25) is 18.1 Å². The van der Waals surface area contributed by atoms with E-state index in [2.05, 4.69) is 39.2 Å². The topological polar surface area (TPSA) is 75.7 Å². The first-order valence-corrected chi connectivity index (χ1v) is 16.0. The van der Waals surface area contributed by atoms with Gasteiger partial charge in [-0.25, -0.2) is 0 Å². The summed E-state index contributed by atoms with van der Waals surface area (Å²) in [6.45, 7) is 21.7. The maximum absolute atomic E-state index is 13.4. The lowest BCUT2D eigenvalue weighted by atomic mass is 9.79. The van der Waals surface area contributed by atoms with Crippen molar-refractivity contribution < 1.29 is 18.8 Å². The summed E-state index contributed by atoms with van der Waals surface area (Å²) in [4.78, 5) is 41.4. The van der Waals surface area contributed by atoms with Gasteiger partial charge in [-0.1, -0.05) is 51.6 Å². The minimum atomic E-state index is -2.05. The van der Waals surface area contributed by atoms with Gasteiger partial charge in [0.1, 0.15) is 0 Å². The molecule has 1 aromatic rings. The molecule has 0 aromatic heterocycles. The molecule has 190 valence electrons. The summed E-state index contributed by atoms with van der Waals surface area (Å²) in [6.07, 6.45) is -0.266. The van der Waals surface area contributed by atoms with Gasteiger partial charge in [0.25, 0.3) is 5.91 Å². The molecular formula is C26H42N2O4SSi. The second-order valence-electron chi connectivity index (χ2n) is 10.8. The Morgan fingerprint density at radius 2 is 1.76 bits per heavy atom. The van der Waals surface area contributed by atoms with Gasteiger partial charge < -0.3 is 14.6 Å². The minimum absolute atomic E-state index is 0.0346. The third-order valence-corrected chi connectivity index (χ3v) is 13.3. The van der Waals surface area contributed by atoms with E-state index in [1.807, 2.05) is 46.8 Å². The van der Waals surface area contributed by atoms with Crippen molar-refractivity contribution in [3.8, 4) is 0 Å². The number of rotatable bonds is 9. The number of thioether (sulfide) groups is 1. The average molecular weight is 507 g/mol. The van der Waals surface area contributed by atoms with Crippen molar-refractivity contribution >= 4 is 37.0 Å². The molecule has 0 saturated carbocycles. The van der Waals surface area contributed by atoms with Crippen LogP contribution in [-0.4, -0.2) is 55.4 Å². The van der Waals surface area contributed by atoms with E-state index in [1.54, 1.807) is 11.0 Å². The molecule has 1 aliphatic heterocycles. The largest absolute Gasteiger partial charge is 0.413 e. The molecule has 34 heavy (non-hydrogen) atoms. The molecule has 4 atom stereocenters. The summed E-state index contributed by atoms with van der Waals surface area (Å²) in [5, 5.41) is 2.92. The Bertz CT molecular complexity index is 924. The summed E-state index contributed by atoms with van der Waals surface area (Å²) >= 11 is 1.11. The van der Waals surface area contributed by atoms with Crippen LogP contribution >= 0.6 is 11.8 Å². The Labute approximate surface area is 210 Å². The molecule has 2 rings (SSSR count). The van der Waals surface area contributed by atoms with Crippen molar-refractivity contribution in [3.05, 3.63) is 29.3 Å². The molecule has 0 spiro atoms. The van der Waals surface area contributed by atoms with Crippen molar-refractivity contribution in [3.63, 3.8) is 0 Å². The van der Waals surface area contributed by atoms with E-state index in [9.17, 15) is 14.4 Å². The Balaban J connectivity index is 2.21. The first kappa shape index (κ1) is 28.6. The molecule has 0 radical (unpaired) electrons. The molecule has 2 unspecified atom stereocenters. The maximum atomic E-state index is 13.4. The highest BCUT2D eigenvalue weighted by Crippen LogP contribution is 2.40. The van der Waals surface area contributed by atoms with Gasteiger partial charge in [-0.3, -0.25) is 14.4 Å². The zero-order valence-corrected chi connectivity index (χ0v) is 24.3. The molecule has 2 amide bonds. The number of aryl methyl sites for hydroxylation is 1. The molecular weight excluding hydrogens is 464 g/mol. The van der Waals surface area contributed by atoms with Crippen LogP contribution < -0.4 is 5.32 Å². The number of carbonyl (C=O) groups excluding carboxylic acids is 3. The number of benzene rings is 1. The zero-order valence-electron chi connectivity index (χ0n) is 22.4. The molecule has 1 fully saturated rings. The normalized spacial score (nSPS) is 20.2. The van der Waals surface area contributed by atoms with Gasteiger partial charge >= 0.3 is 0 Å². The molecule has 1 heterocycles. The predicted octanol–water partition coefficient (Wildman–Crippen LogP) is 5.26. The molecule has 6 nitrogen and oxygen atoms in total. The van der Waals surface area contributed by atoms with Gasteiger partial charge in [0.05, 0.1) is 23.6 Å². The second-order valence-corrected chi connectivity index (χ2v) is 16.6. The van der Waals surface area contributed by atoms with Gasteiger partial charge in [0.2, 0.25) is 5.91 Å².